The van der Waals surface area contributed by atoms with E-state index in [2.05, 4.69) is 5.32 Å². The third-order valence-electron chi connectivity index (χ3n) is 5.48. The van der Waals surface area contributed by atoms with E-state index in [4.69, 9.17) is 16.0 Å². The van der Waals surface area contributed by atoms with Crippen LogP contribution in [-0.2, 0) is 0 Å². The molecule has 0 fully saturated rings. The number of non-ortho nitro benzene ring substituents is 1. The van der Waals surface area contributed by atoms with Crippen LogP contribution in [0.5, 0.6) is 0 Å². The highest BCUT2D eigenvalue weighted by molar-refractivity contribution is 6.31. The van der Waals surface area contributed by atoms with Crippen LogP contribution in [0.1, 0.15) is 10.4 Å². The lowest BCUT2D eigenvalue weighted by atomic mass is 9.97. The van der Waals surface area contributed by atoms with Crippen LogP contribution in [0.3, 0.4) is 0 Å². The molecule has 1 amide bonds. The summed E-state index contributed by atoms with van der Waals surface area (Å²) < 4.78 is 5.99. The second kappa shape index (κ2) is 8.46. The van der Waals surface area contributed by atoms with Crippen LogP contribution in [0.15, 0.2) is 94.1 Å². The molecule has 0 spiro atoms. The summed E-state index contributed by atoms with van der Waals surface area (Å²) in [6.45, 7) is 0. The van der Waals surface area contributed by atoms with E-state index >= 15 is 0 Å². The zero-order valence-corrected chi connectivity index (χ0v) is 18.2. The SMILES string of the molecule is O=C(Nc1oc2ccc(Cl)cc2c(=O)c1-c1cccc2ccccc12)c1ccc([N+](=O)[O-])cc1. The summed E-state index contributed by atoms with van der Waals surface area (Å²) in [5.41, 5.74) is 0.724. The van der Waals surface area contributed by atoms with E-state index < -0.39 is 10.8 Å². The van der Waals surface area contributed by atoms with E-state index in [1.165, 1.54) is 30.3 Å². The van der Waals surface area contributed by atoms with Gasteiger partial charge in [0.2, 0.25) is 11.3 Å². The van der Waals surface area contributed by atoms with Gasteiger partial charge in [-0.1, -0.05) is 54.1 Å². The zero-order valence-electron chi connectivity index (χ0n) is 17.4. The highest BCUT2D eigenvalue weighted by atomic mass is 35.5. The van der Waals surface area contributed by atoms with Crippen molar-refractivity contribution in [3.05, 3.63) is 116 Å². The maximum absolute atomic E-state index is 13.6. The van der Waals surface area contributed by atoms with Gasteiger partial charge in [0.25, 0.3) is 11.6 Å². The topological polar surface area (TPSA) is 102 Å². The number of nitrogens with one attached hydrogen (secondary N) is 1. The predicted molar refractivity (Wildman–Crippen MR) is 131 cm³/mol. The number of hydrogen-bond acceptors (Lipinski definition) is 5. The Kier molecular flexibility index (Phi) is 5.31. The molecule has 0 radical (unpaired) electrons. The quantitative estimate of drug-likeness (QED) is 0.241. The molecule has 0 saturated heterocycles. The van der Waals surface area contributed by atoms with Crippen molar-refractivity contribution in [2.45, 2.75) is 0 Å². The molecule has 0 aliphatic carbocycles. The number of anilines is 1. The molecule has 1 N–H and O–H groups in total. The molecule has 0 unspecified atom stereocenters. The van der Waals surface area contributed by atoms with Gasteiger partial charge in [0, 0.05) is 22.7 Å². The van der Waals surface area contributed by atoms with Gasteiger partial charge < -0.3 is 4.42 Å². The second-order valence-electron chi connectivity index (χ2n) is 7.56. The summed E-state index contributed by atoms with van der Waals surface area (Å²) in [7, 11) is 0. The first-order valence-electron chi connectivity index (χ1n) is 10.2. The highest BCUT2D eigenvalue weighted by Gasteiger charge is 2.21. The Balaban J connectivity index is 1.71. The number of benzene rings is 4. The number of nitro benzene ring substituents is 1. The number of nitrogens with zero attached hydrogens (tertiary/aromatic N) is 1. The van der Waals surface area contributed by atoms with Crippen molar-refractivity contribution in [1.82, 2.24) is 0 Å². The van der Waals surface area contributed by atoms with Crippen LogP contribution in [0.2, 0.25) is 5.02 Å². The molecule has 0 saturated carbocycles. The molecule has 7 nitrogen and oxygen atoms in total. The summed E-state index contributed by atoms with van der Waals surface area (Å²) >= 11 is 6.12. The third-order valence-corrected chi connectivity index (χ3v) is 5.71. The zero-order chi connectivity index (χ0) is 23.8. The van der Waals surface area contributed by atoms with Gasteiger partial charge in [-0.3, -0.25) is 25.0 Å². The first-order valence-corrected chi connectivity index (χ1v) is 10.6. The Morgan fingerprint density at radius 2 is 1.65 bits per heavy atom. The van der Waals surface area contributed by atoms with Gasteiger partial charge in [0.1, 0.15) is 5.58 Å². The number of nitro groups is 1. The number of hydrogen-bond donors (Lipinski definition) is 1. The van der Waals surface area contributed by atoms with E-state index in [1.807, 2.05) is 36.4 Å². The van der Waals surface area contributed by atoms with Crippen molar-refractivity contribution >= 4 is 50.8 Å². The molecule has 8 heteroatoms. The molecular formula is C26H15ClN2O5. The van der Waals surface area contributed by atoms with E-state index in [9.17, 15) is 19.7 Å². The third kappa shape index (κ3) is 3.78. The Labute approximate surface area is 197 Å². The molecule has 4 aromatic carbocycles. The number of fused-ring (bicyclic) bond motifs is 2. The smallest absolute Gasteiger partial charge is 0.269 e. The normalized spacial score (nSPS) is 11.0. The van der Waals surface area contributed by atoms with E-state index in [0.29, 0.717) is 10.6 Å². The van der Waals surface area contributed by atoms with Crippen LogP contribution in [-0.4, -0.2) is 10.8 Å². The fraction of sp³-hybridized carbons (Fsp3) is 0. The number of carbonyl (C=O) groups excluding carboxylic acids is 1. The Morgan fingerprint density at radius 3 is 2.41 bits per heavy atom. The molecular weight excluding hydrogens is 456 g/mol. The average Bonchev–Trinajstić information content (AvgIpc) is 2.84. The molecule has 34 heavy (non-hydrogen) atoms. The van der Waals surface area contributed by atoms with Gasteiger partial charge in [-0.25, -0.2) is 0 Å². The second-order valence-corrected chi connectivity index (χ2v) is 8.00. The molecule has 5 aromatic rings. The lowest BCUT2D eigenvalue weighted by Crippen LogP contribution is -2.16. The maximum Gasteiger partial charge on any atom is 0.269 e. The van der Waals surface area contributed by atoms with Crippen molar-refractivity contribution in [3.63, 3.8) is 0 Å². The molecule has 0 aliphatic heterocycles. The van der Waals surface area contributed by atoms with Gasteiger partial charge in [0.05, 0.1) is 15.9 Å². The van der Waals surface area contributed by atoms with Crippen LogP contribution >= 0.6 is 11.6 Å². The lowest BCUT2D eigenvalue weighted by molar-refractivity contribution is -0.384. The van der Waals surface area contributed by atoms with Crippen molar-refractivity contribution in [1.29, 1.82) is 0 Å². The molecule has 5 rings (SSSR count). The van der Waals surface area contributed by atoms with Crippen LogP contribution in [0.4, 0.5) is 11.6 Å². The number of rotatable bonds is 4. The van der Waals surface area contributed by atoms with Gasteiger partial charge in [-0.2, -0.15) is 0 Å². The first kappa shape index (κ1) is 21.4. The summed E-state index contributed by atoms with van der Waals surface area (Å²) in [5, 5.41) is 16.0. The van der Waals surface area contributed by atoms with E-state index in [0.717, 1.165) is 10.8 Å². The molecule has 0 bridgehead atoms. The maximum atomic E-state index is 13.6. The summed E-state index contributed by atoms with van der Waals surface area (Å²) in [6.07, 6.45) is 0. The summed E-state index contributed by atoms with van der Waals surface area (Å²) in [4.78, 5) is 37.0. The van der Waals surface area contributed by atoms with Crippen LogP contribution < -0.4 is 10.7 Å². The van der Waals surface area contributed by atoms with Gasteiger partial charge in [-0.15, -0.1) is 0 Å². The minimum Gasteiger partial charge on any atom is -0.439 e. The monoisotopic (exact) mass is 470 g/mol. The number of amides is 1. The molecule has 1 heterocycles. The van der Waals surface area contributed by atoms with Gasteiger partial charge in [-0.05, 0) is 46.7 Å². The lowest BCUT2D eigenvalue weighted by Gasteiger charge is -2.13. The predicted octanol–water partition coefficient (Wildman–Crippen LogP) is 6.43. The summed E-state index contributed by atoms with van der Waals surface area (Å²) in [6, 6.07) is 22.9. The minimum atomic E-state index is -0.576. The molecule has 0 aliphatic rings. The molecule has 1 aromatic heterocycles. The van der Waals surface area contributed by atoms with E-state index in [1.54, 1.807) is 18.2 Å². The largest absolute Gasteiger partial charge is 0.439 e. The molecule has 166 valence electrons. The van der Waals surface area contributed by atoms with Crippen LogP contribution in [0.25, 0.3) is 32.9 Å². The van der Waals surface area contributed by atoms with Gasteiger partial charge in [0.15, 0.2) is 0 Å². The van der Waals surface area contributed by atoms with Crippen molar-refractivity contribution < 1.29 is 14.1 Å². The Hall–Kier alpha value is -4.49. The number of halogens is 1. The van der Waals surface area contributed by atoms with Gasteiger partial charge >= 0.3 is 0 Å². The fourth-order valence-corrected chi connectivity index (χ4v) is 4.03. The minimum absolute atomic E-state index is 0.0282. The van der Waals surface area contributed by atoms with Crippen molar-refractivity contribution in [2.24, 2.45) is 0 Å². The molecule has 0 atom stereocenters. The first-order chi connectivity index (χ1) is 16.4. The average molecular weight is 471 g/mol. The van der Waals surface area contributed by atoms with Crippen molar-refractivity contribution in [2.75, 3.05) is 5.32 Å². The fourth-order valence-electron chi connectivity index (χ4n) is 3.85. The van der Waals surface area contributed by atoms with E-state index in [-0.39, 0.29) is 39.1 Å². The Morgan fingerprint density at radius 1 is 0.912 bits per heavy atom. The number of carbonyl (C=O) groups is 1. The van der Waals surface area contributed by atoms with Crippen LogP contribution in [0, 0.1) is 10.1 Å². The highest BCUT2D eigenvalue weighted by Crippen LogP contribution is 2.34. The Bertz CT molecular complexity index is 1650. The summed E-state index contributed by atoms with van der Waals surface area (Å²) in [5.74, 6) is -0.604. The standard InChI is InChI=1S/C26H15ClN2O5/c27-17-10-13-22-21(14-17)24(30)23(20-7-3-5-15-4-1-2-6-19(15)20)26(34-22)28-25(31)16-8-11-18(12-9-16)29(32)33/h1-14H,(H,28,31). The van der Waals surface area contributed by atoms with Crippen molar-refractivity contribution in [3.8, 4) is 11.1 Å².